The highest BCUT2D eigenvalue weighted by Crippen LogP contribution is 2.33. The van der Waals surface area contributed by atoms with Gasteiger partial charge in [-0.2, -0.15) is 0 Å². The molecular formula is C24H30O3. The number of Topliss-reactive ketones (excluding diaryl/α,β-unsaturated/α-hetero) is 1. The van der Waals surface area contributed by atoms with Crippen LogP contribution in [0.1, 0.15) is 74.5 Å². The van der Waals surface area contributed by atoms with E-state index in [1.807, 2.05) is 0 Å². The minimum absolute atomic E-state index is 0.113. The van der Waals surface area contributed by atoms with Crippen molar-refractivity contribution in [3.63, 3.8) is 0 Å². The number of ketones is 1. The molecule has 0 heterocycles. The van der Waals surface area contributed by atoms with E-state index in [-0.39, 0.29) is 22.2 Å². The van der Waals surface area contributed by atoms with Crippen LogP contribution in [-0.2, 0) is 22.0 Å². The minimum Gasteiger partial charge on any atom is -0.478 e. The molecule has 0 fully saturated rings. The first kappa shape index (κ1) is 20.9. The molecule has 0 aromatic heterocycles. The first-order valence-electron chi connectivity index (χ1n) is 9.50. The van der Waals surface area contributed by atoms with E-state index in [4.69, 9.17) is 5.11 Å². The Bertz CT molecular complexity index is 814. The average molecular weight is 367 g/mol. The fourth-order valence-corrected chi connectivity index (χ4v) is 3.22. The maximum Gasteiger partial charge on any atom is 0.335 e. The van der Waals surface area contributed by atoms with Gasteiger partial charge in [0, 0.05) is 12.8 Å². The van der Waals surface area contributed by atoms with E-state index in [2.05, 4.69) is 58.9 Å². The van der Waals surface area contributed by atoms with Crippen LogP contribution in [0.15, 0.2) is 48.5 Å². The Labute approximate surface area is 162 Å². The summed E-state index contributed by atoms with van der Waals surface area (Å²) < 4.78 is 0. The molecule has 0 amide bonds. The van der Waals surface area contributed by atoms with Crippen molar-refractivity contribution in [2.75, 3.05) is 0 Å². The third-order valence-electron chi connectivity index (χ3n) is 5.55. The molecule has 0 saturated heterocycles. The molecule has 3 heteroatoms. The first-order chi connectivity index (χ1) is 12.5. The summed E-state index contributed by atoms with van der Waals surface area (Å²) in [6, 6.07) is 15.1. The lowest BCUT2D eigenvalue weighted by Crippen LogP contribution is -2.24. The second kappa shape index (κ2) is 8.08. The van der Waals surface area contributed by atoms with E-state index < -0.39 is 5.97 Å². The highest BCUT2D eigenvalue weighted by molar-refractivity contribution is 5.88. The number of aromatic carboxylic acids is 1. The third kappa shape index (κ3) is 5.29. The van der Waals surface area contributed by atoms with E-state index in [0.29, 0.717) is 12.8 Å². The Morgan fingerprint density at radius 1 is 0.889 bits per heavy atom. The van der Waals surface area contributed by atoms with Crippen molar-refractivity contribution in [1.29, 1.82) is 0 Å². The van der Waals surface area contributed by atoms with Gasteiger partial charge in [-0.3, -0.25) is 4.79 Å². The fraction of sp³-hybridized carbons (Fsp3) is 0.417. The van der Waals surface area contributed by atoms with Gasteiger partial charge in [0.2, 0.25) is 0 Å². The van der Waals surface area contributed by atoms with Crippen LogP contribution in [0, 0.1) is 0 Å². The second-order valence-corrected chi connectivity index (χ2v) is 8.60. The van der Waals surface area contributed by atoms with Gasteiger partial charge in [-0.05, 0) is 46.1 Å². The summed E-state index contributed by atoms with van der Waals surface area (Å²) in [5.41, 5.74) is 3.42. The smallest absolute Gasteiger partial charge is 0.335 e. The van der Waals surface area contributed by atoms with Gasteiger partial charge >= 0.3 is 5.97 Å². The molecule has 1 N–H and O–H groups in total. The van der Waals surface area contributed by atoms with Gasteiger partial charge in [0.15, 0.2) is 0 Å². The number of hydrogen-bond acceptors (Lipinski definition) is 2. The standard InChI is InChI=1S/C24H30O3/c1-6-23(2,3)19-8-7-9-20(15-19)24(4,5)16-21(25)14-17-10-12-18(13-11-17)22(26)27/h7-13,15H,6,14,16H2,1-5H3,(H,26,27). The van der Waals surface area contributed by atoms with Gasteiger partial charge < -0.3 is 5.11 Å². The lowest BCUT2D eigenvalue weighted by Gasteiger charge is -2.29. The maximum absolute atomic E-state index is 12.6. The summed E-state index contributed by atoms with van der Waals surface area (Å²) >= 11 is 0. The molecule has 0 aliphatic heterocycles. The summed E-state index contributed by atoms with van der Waals surface area (Å²) in [7, 11) is 0. The maximum atomic E-state index is 12.6. The van der Waals surface area contributed by atoms with Crippen LogP contribution in [0.25, 0.3) is 0 Å². The van der Waals surface area contributed by atoms with Crippen molar-refractivity contribution in [3.05, 3.63) is 70.8 Å². The molecule has 0 bridgehead atoms. The lowest BCUT2D eigenvalue weighted by atomic mass is 9.75. The molecule has 27 heavy (non-hydrogen) atoms. The Balaban J connectivity index is 2.12. The van der Waals surface area contributed by atoms with Gasteiger partial charge in [-0.1, -0.05) is 71.0 Å². The highest BCUT2D eigenvalue weighted by atomic mass is 16.4. The molecule has 2 rings (SSSR count). The van der Waals surface area contributed by atoms with Crippen LogP contribution in [0.3, 0.4) is 0 Å². The Morgan fingerprint density at radius 3 is 1.96 bits per heavy atom. The van der Waals surface area contributed by atoms with Crippen LogP contribution >= 0.6 is 0 Å². The van der Waals surface area contributed by atoms with Gasteiger partial charge in [0.05, 0.1) is 5.56 Å². The number of carboxylic acids is 1. The number of carbonyl (C=O) groups excluding carboxylic acids is 1. The summed E-state index contributed by atoms with van der Waals surface area (Å²) in [6.07, 6.45) is 1.83. The molecule has 0 spiro atoms. The molecule has 0 atom stereocenters. The minimum atomic E-state index is -0.955. The van der Waals surface area contributed by atoms with Gasteiger partial charge in [-0.25, -0.2) is 4.79 Å². The number of rotatable bonds is 8. The fourth-order valence-electron chi connectivity index (χ4n) is 3.22. The van der Waals surface area contributed by atoms with E-state index in [1.165, 1.54) is 11.1 Å². The zero-order valence-corrected chi connectivity index (χ0v) is 17.0. The van der Waals surface area contributed by atoms with Crippen LogP contribution in [0.4, 0.5) is 0 Å². The Morgan fingerprint density at radius 2 is 1.44 bits per heavy atom. The predicted octanol–water partition coefficient (Wildman–Crippen LogP) is 5.55. The molecule has 3 nitrogen and oxygen atoms in total. The summed E-state index contributed by atoms with van der Waals surface area (Å²) in [6.45, 7) is 10.9. The van der Waals surface area contributed by atoms with E-state index in [9.17, 15) is 9.59 Å². The van der Waals surface area contributed by atoms with Crippen LogP contribution in [0.2, 0.25) is 0 Å². The van der Waals surface area contributed by atoms with Crippen molar-refractivity contribution >= 4 is 11.8 Å². The molecule has 0 unspecified atom stereocenters. The number of carbonyl (C=O) groups is 2. The van der Waals surface area contributed by atoms with Crippen molar-refractivity contribution in [1.82, 2.24) is 0 Å². The van der Waals surface area contributed by atoms with Crippen molar-refractivity contribution < 1.29 is 14.7 Å². The van der Waals surface area contributed by atoms with Crippen LogP contribution in [0.5, 0.6) is 0 Å². The number of benzene rings is 2. The van der Waals surface area contributed by atoms with Gasteiger partial charge in [-0.15, -0.1) is 0 Å². The molecule has 0 radical (unpaired) electrons. The first-order valence-corrected chi connectivity index (χ1v) is 9.50. The summed E-state index contributed by atoms with van der Waals surface area (Å²) in [5, 5.41) is 8.97. The SMILES string of the molecule is CCC(C)(C)c1cccc(C(C)(C)CC(=O)Cc2ccc(C(=O)O)cc2)c1. The summed E-state index contributed by atoms with van der Waals surface area (Å²) in [4.78, 5) is 23.6. The van der Waals surface area contributed by atoms with Crippen LogP contribution < -0.4 is 0 Å². The largest absolute Gasteiger partial charge is 0.478 e. The normalized spacial score (nSPS) is 12.0. The Hall–Kier alpha value is -2.42. The molecular weight excluding hydrogens is 336 g/mol. The topological polar surface area (TPSA) is 54.4 Å². The zero-order valence-electron chi connectivity index (χ0n) is 17.0. The monoisotopic (exact) mass is 366 g/mol. The summed E-state index contributed by atoms with van der Waals surface area (Å²) in [5.74, 6) is -0.799. The zero-order chi connectivity index (χ0) is 20.2. The van der Waals surface area contributed by atoms with Crippen LogP contribution in [-0.4, -0.2) is 16.9 Å². The van der Waals surface area contributed by atoms with E-state index >= 15 is 0 Å². The molecule has 0 aliphatic rings. The Kier molecular flexibility index (Phi) is 6.25. The quantitative estimate of drug-likeness (QED) is 0.666. The second-order valence-electron chi connectivity index (χ2n) is 8.60. The average Bonchev–Trinajstić information content (AvgIpc) is 2.61. The highest BCUT2D eigenvalue weighted by Gasteiger charge is 2.26. The lowest BCUT2D eigenvalue weighted by molar-refractivity contribution is -0.119. The van der Waals surface area contributed by atoms with E-state index in [1.54, 1.807) is 24.3 Å². The number of carboxylic acid groups (broad SMARTS) is 1. The number of hydrogen-bond donors (Lipinski definition) is 1. The van der Waals surface area contributed by atoms with E-state index in [0.717, 1.165) is 12.0 Å². The molecule has 2 aromatic rings. The molecule has 2 aromatic carbocycles. The predicted molar refractivity (Wildman–Crippen MR) is 110 cm³/mol. The molecule has 0 aliphatic carbocycles. The third-order valence-corrected chi connectivity index (χ3v) is 5.55. The van der Waals surface area contributed by atoms with Crippen molar-refractivity contribution in [2.24, 2.45) is 0 Å². The molecule has 0 saturated carbocycles. The van der Waals surface area contributed by atoms with Gasteiger partial charge in [0.1, 0.15) is 5.78 Å². The van der Waals surface area contributed by atoms with Crippen molar-refractivity contribution in [3.8, 4) is 0 Å². The van der Waals surface area contributed by atoms with Gasteiger partial charge in [0.25, 0.3) is 0 Å². The molecule has 144 valence electrons. The van der Waals surface area contributed by atoms with Crippen molar-refractivity contribution in [2.45, 2.75) is 64.7 Å².